The van der Waals surface area contributed by atoms with Crippen LogP contribution in [0, 0.1) is 16.0 Å². The Balaban J connectivity index is 1.01. The number of hydrogen-bond acceptors (Lipinski definition) is 10. The van der Waals surface area contributed by atoms with E-state index in [9.17, 15) is 23.3 Å². The van der Waals surface area contributed by atoms with Crippen LogP contribution in [-0.2, 0) is 14.8 Å². The maximum absolute atomic E-state index is 13.9. The van der Waals surface area contributed by atoms with E-state index < -0.39 is 31.4 Å². The molecule has 5 aromatic rings. The number of nitro groups is 1. The molecule has 57 heavy (non-hydrogen) atoms. The Hall–Kier alpha value is -5.02. The number of amides is 1. The highest BCUT2D eigenvalue weighted by Gasteiger charge is 2.35. The molecule has 0 bridgehead atoms. The highest BCUT2D eigenvalue weighted by molar-refractivity contribution is 7.90. The maximum Gasteiger partial charge on any atom is 0.293 e. The minimum Gasteiger partial charge on any atom is -0.455 e. The first kappa shape index (κ1) is 38.8. The largest absolute Gasteiger partial charge is 0.455 e. The molecule has 3 aliphatic rings. The van der Waals surface area contributed by atoms with Gasteiger partial charge in [0.25, 0.3) is 21.6 Å². The number of aromatic nitrogens is 2. The standard InChI is InChI=1S/C42H45ClN6O7S/c43-32-4-1-3-30(21-32)38-5-2-18-48(38)33-9-6-28(7-10-33)29-8-12-36(40(23-29)56-34-22-31-14-17-44-41(31)46-26-34)42(50)47-57(53,54)35-11-13-37(39(24-35)49(51)52)45-25-27-15-19-55-20-16-27/h1,3-4,8,11-14,17,21-24,26-28,33,38,45H,2,5-7,9-10,15-16,18-20,25H2,(H,44,46)(H,47,50)/t28?,33?,38-/m0/s1. The summed E-state index contributed by atoms with van der Waals surface area (Å²) in [4.78, 5) is 35.0. The van der Waals surface area contributed by atoms with Crippen LogP contribution in [0.3, 0.4) is 0 Å². The number of anilines is 1. The van der Waals surface area contributed by atoms with Crippen LogP contribution in [-0.4, -0.2) is 66.5 Å². The van der Waals surface area contributed by atoms with E-state index in [1.54, 1.807) is 18.3 Å². The molecule has 3 fully saturated rings. The molecule has 2 aromatic heterocycles. The third-order valence-electron chi connectivity index (χ3n) is 11.6. The molecule has 298 valence electrons. The molecule has 8 rings (SSSR count). The monoisotopic (exact) mass is 812 g/mol. The van der Waals surface area contributed by atoms with Crippen molar-refractivity contribution >= 4 is 49.9 Å². The van der Waals surface area contributed by atoms with Crippen molar-refractivity contribution in [3.63, 3.8) is 0 Å². The number of benzene rings is 3. The van der Waals surface area contributed by atoms with E-state index in [1.165, 1.54) is 23.9 Å². The molecule has 4 heterocycles. The summed E-state index contributed by atoms with van der Waals surface area (Å²) in [6, 6.07) is 21.5. The van der Waals surface area contributed by atoms with Gasteiger partial charge >= 0.3 is 0 Å². The van der Waals surface area contributed by atoms with Crippen LogP contribution in [0.2, 0.25) is 5.02 Å². The van der Waals surface area contributed by atoms with E-state index in [1.807, 2.05) is 30.3 Å². The van der Waals surface area contributed by atoms with Gasteiger partial charge in [-0.2, -0.15) is 0 Å². The number of hydrogen-bond donors (Lipinski definition) is 3. The molecule has 1 aliphatic carbocycles. The Kier molecular flexibility index (Phi) is 11.5. The van der Waals surface area contributed by atoms with Crippen LogP contribution < -0.4 is 14.8 Å². The van der Waals surface area contributed by atoms with Gasteiger partial charge in [0, 0.05) is 54.5 Å². The smallest absolute Gasteiger partial charge is 0.293 e. The molecule has 3 N–H and O–H groups in total. The third kappa shape index (κ3) is 8.79. The number of nitrogens with zero attached hydrogens (tertiary/aromatic N) is 3. The average molecular weight is 813 g/mol. The molecule has 3 aromatic carbocycles. The Morgan fingerprint density at radius 3 is 2.60 bits per heavy atom. The lowest BCUT2D eigenvalue weighted by molar-refractivity contribution is -0.384. The normalized spacial score (nSPS) is 20.7. The Labute approximate surface area is 336 Å². The van der Waals surface area contributed by atoms with E-state index >= 15 is 0 Å². The summed E-state index contributed by atoms with van der Waals surface area (Å²) in [5, 5.41) is 16.7. The van der Waals surface area contributed by atoms with E-state index in [4.69, 9.17) is 21.1 Å². The van der Waals surface area contributed by atoms with E-state index in [0.717, 1.165) is 80.0 Å². The van der Waals surface area contributed by atoms with E-state index in [-0.39, 0.29) is 28.8 Å². The summed E-state index contributed by atoms with van der Waals surface area (Å²) >= 11 is 6.35. The van der Waals surface area contributed by atoms with Crippen LogP contribution in [0.1, 0.15) is 84.8 Å². The number of rotatable bonds is 12. The van der Waals surface area contributed by atoms with Crippen molar-refractivity contribution in [1.29, 1.82) is 0 Å². The predicted molar refractivity (Wildman–Crippen MR) is 218 cm³/mol. The molecule has 13 nitrogen and oxygen atoms in total. The second-order valence-corrected chi connectivity index (χ2v) is 17.3. The molecule has 2 aliphatic heterocycles. The van der Waals surface area contributed by atoms with Gasteiger partial charge in [0.15, 0.2) is 0 Å². The van der Waals surface area contributed by atoms with Gasteiger partial charge in [-0.25, -0.2) is 18.1 Å². The molecule has 0 radical (unpaired) electrons. The summed E-state index contributed by atoms with van der Waals surface area (Å²) in [6.45, 7) is 2.81. The lowest BCUT2D eigenvalue weighted by Gasteiger charge is -2.38. The predicted octanol–water partition coefficient (Wildman–Crippen LogP) is 8.74. The minimum atomic E-state index is -4.53. The van der Waals surface area contributed by atoms with Crippen molar-refractivity contribution < 1.29 is 27.6 Å². The highest BCUT2D eigenvalue weighted by atomic mass is 35.5. The summed E-state index contributed by atoms with van der Waals surface area (Å²) in [7, 11) is -4.53. The van der Waals surface area contributed by atoms with E-state index in [2.05, 4.69) is 37.0 Å². The summed E-state index contributed by atoms with van der Waals surface area (Å²) in [5.41, 5.74) is 2.72. The number of likely N-dealkylation sites (tertiary alicyclic amines) is 1. The fourth-order valence-corrected chi connectivity index (χ4v) is 9.81. The number of sulfonamides is 1. The lowest BCUT2D eigenvalue weighted by atomic mass is 9.80. The zero-order valence-corrected chi connectivity index (χ0v) is 32.9. The Morgan fingerprint density at radius 1 is 0.982 bits per heavy atom. The van der Waals surface area contributed by atoms with Gasteiger partial charge in [0.2, 0.25) is 0 Å². The first-order valence-corrected chi connectivity index (χ1v) is 21.4. The van der Waals surface area contributed by atoms with Crippen LogP contribution in [0.4, 0.5) is 11.4 Å². The number of nitrogens with one attached hydrogen (secondary N) is 3. The number of H-pyrrole nitrogens is 1. The summed E-state index contributed by atoms with van der Waals surface area (Å²) in [6.07, 6.45) is 11.1. The van der Waals surface area contributed by atoms with Gasteiger partial charge in [0.05, 0.1) is 21.6 Å². The van der Waals surface area contributed by atoms with Crippen LogP contribution >= 0.6 is 11.6 Å². The van der Waals surface area contributed by atoms with E-state index in [0.29, 0.717) is 43.2 Å². The zero-order valence-electron chi connectivity index (χ0n) is 31.4. The first-order valence-electron chi connectivity index (χ1n) is 19.5. The van der Waals surface area contributed by atoms with Crippen molar-refractivity contribution in [2.75, 3.05) is 31.6 Å². The van der Waals surface area contributed by atoms with Crippen molar-refractivity contribution in [3.05, 3.63) is 117 Å². The molecular weight excluding hydrogens is 768 g/mol. The van der Waals surface area contributed by atoms with Gasteiger partial charge in [-0.15, -0.1) is 0 Å². The van der Waals surface area contributed by atoms with Crippen LogP contribution in [0.15, 0.2) is 90.1 Å². The second-order valence-electron chi connectivity index (χ2n) is 15.2. The minimum absolute atomic E-state index is 0.00384. The van der Waals surface area contributed by atoms with Gasteiger partial charge in [-0.3, -0.25) is 19.8 Å². The van der Waals surface area contributed by atoms with Gasteiger partial charge in [0.1, 0.15) is 22.8 Å². The zero-order chi connectivity index (χ0) is 39.5. The molecule has 2 saturated heterocycles. The molecule has 1 saturated carbocycles. The molecule has 0 unspecified atom stereocenters. The SMILES string of the molecule is O=C(NS(=O)(=O)c1ccc(NCC2CCOCC2)c([N+](=O)[O-])c1)c1ccc(C2CCC(N3CCC[C@H]3c3cccc(Cl)c3)CC2)cc1Oc1cnc2[nH]ccc2c1. The molecule has 1 atom stereocenters. The summed E-state index contributed by atoms with van der Waals surface area (Å²) in [5.74, 6) is 0.115. The number of aromatic amines is 1. The molecule has 1 amide bonds. The number of pyridine rings is 1. The number of nitro benzene ring substituents is 1. The first-order chi connectivity index (χ1) is 27.6. The van der Waals surface area contributed by atoms with Crippen molar-refractivity contribution in [2.24, 2.45) is 5.92 Å². The quantitative estimate of drug-likeness (QED) is 0.0818. The third-order valence-corrected chi connectivity index (χ3v) is 13.2. The average Bonchev–Trinajstić information content (AvgIpc) is 3.91. The molecule has 15 heteroatoms. The number of ether oxygens (including phenoxy) is 2. The fraction of sp³-hybridized carbons (Fsp3) is 0.381. The number of fused-ring (bicyclic) bond motifs is 1. The van der Waals surface area contributed by atoms with Gasteiger partial charge in [-0.1, -0.05) is 29.8 Å². The lowest BCUT2D eigenvalue weighted by Crippen LogP contribution is -2.37. The molecule has 0 spiro atoms. The fourth-order valence-electron chi connectivity index (χ4n) is 8.63. The topological polar surface area (TPSA) is 169 Å². The van der Waals surface area contributed by atoms with Crippen molar-refractivity contribution in [2.45, 2.75) is 74.3 Å². The van der Waals surface area contributed by atoms with Gasteiger partial charge in [-0.05, 0) is 129 Å². The maximum atomic E-state index is 13.9. The second kappa shape index (κ2) is 16.8. The number of carbonyl (C=O) groups is 1. The Morgan fingerprint density at radius 2 is 1.81 bits per heavy atom. The van der Waals surface area contributed by atoms with Crippen LogP contribution in [0.25, 0.3) is 11.0 Å². The Bertz CT molecular complexity index is 2380. The van der Waals surface area contributed by atoms with Crippen molar-refractivity contribution in [3.8, 4) is 11.5 Å². The highest BCUT2D eigenvalue weighted by Crippen LogP contribution is 2.43. The number of halogens is 1. The summed E-state index contributed by atoms with van der Waals surface area (Å²) < 4.78 is 41.1. The molecular formula is C42H45ClN6O7S. The van der Waals surface area contributed by atoms with Crippen LogP contribution in [0.5, 0.6) is 11.5 Å². The van der Waals surface area contributed by atoms with Gasteiger partial charge < -0.3 is 19.8 Å². The number of carbonyl (C=O) groups excluding carboxylic acids is 1. The van der Waals surface area contributed by atoms with Crippen molar-refractivity contribution in [1.82, 2.24) is 19.6 Å².